The van der Waals surface area contributed by atoms with E-state index in [1.165, 1.54) is 10.8 Å². The molecule has 0 radical (unpaired) electrons. The van der Waals surface area contributed by atoms with Gasteiger partial charge >= 0.3 is 0 Å². The summed E-state index contributed by atoms with van der Waals surface area (Å²) in [5, 5.41) is 7.71. The number of aromatic nitrogens is 4. The van der Waals surface area contributed by atoms with Crippen LogP contribution in [0, 0.1) is 27.7 Å². The molecule has 7 heteroatoms. The summed E-state index contributed by atoms with van der Waals surface area (Å²) in [4.78, 5) is 30.1. The first kappa shape index (κ1) is 20.5. The minimum Gasteiger partial charge on any atom is -0.326 e. The monoisotopic (exact) mass is 415 g/mol. The van der Waals surface area contributed by atoms with E-state index in [-0.39, 0.29) is 24.4 Å². The summed E-state index contributed by atoms with van der Waals surface area (Å²) in [6, 6.07) is 13.8. The van der Waals surface area contributed by atoms with Crippen LogP contribution >= 0.6 is 0 Å². The van der Waals surface area contributed by atoms with Gasteiger partial charge in [0.2, 0.25) is 5.91 Å². The summed E-state index contributed by atoms with van der Waals surface area (Å²) in [5.41, 5.74) is 5.25. The highest BCUT2D eigenvalue weighted by molar-refractivity contribution is 5.90. The number of aryl methyl sites for hydroxylation is 4. The van der Waals surface area contributed by atoms with Gasteiger partial charge in [-0.3, -0.25) is 14.2 Å². The van der Waals surface area contributed by atoms with Crippen LogP contribution in [0.3, 0.4) is 0 Å². The van der Waals surface area contributed by atoms with Crippen LogP contribution in [0.25, 0.3) is 16.7 Å². The summed E-state index contributed by atoms with van der Waals surface area (Å²) in [5.74, 6) is 0.400. The number of hydrogen-bond acceptors (Lipinski definition) is 4. The fraction of sp³-hybridized carbons (Fsp3) is 0.250. The molecule has 0 unspecified atom stereocenters. The predicted molar refractivity (Wildman–Crippen MR) is 122 cm³/mol. The number of amides is 1. The standard InChI is InChI=1S/C24H25N5O2/c1-15-5-7-20(8-6-15)29-23-21(14-25-29)24(31)28(18(4)26-23)10-9-22(30)27-19-12-16(2)11-17(3)13-19/h5-8,11-14H,9-10H2,1-4H3,(H,27,30). The predicted octanol–water partition coefficient (Wildman–Crippen LogP) is 3.84. The molecule has 1 N–H and O–H groups in total. The summed E-state index contributed by atoms with van der Waals surface area (Å²) in [6.07, 6.45) is 1.71. The second-order valence-corrected chi connectivity index (χ2v) is 7.92. The van der Waals surface area contributed by atoms with Crippen molar-refractivity contribution in [3.8, 4) is 5.69 Å². The van der Waals surface area contributed by atoms with E-state index in [0.717, 1.165) is 28.1 Å². The van der Waals surface area contributed by atoms with Crippen LogP contribution in [0.1, 0.15) is 28.9 Å². The van der Waals surface area contributed by atoms with Crippen LogP contribution in [-0.4, -0.2) is 25.2 Å². The molecule has 1 amide bonds. The minimum atomic E-state index is -0.194. The lowest BCUT2D eigenvalue weighted by Gasteiger charge is -2.11. The van der Waals surface area contributed by atoms with Crippen molar-refractivity contribution in [1.29, 1.82) is 0 Å². The van der Waals surface area contributed by atoms with Crippen molar-refractivity contribution in [2.24, 2.45) is 0 Å². The Labute approximate surface area is 180 Å². The molecule has 7 nitrogen and oxygen atoms in total. The largest absolute Gasteiger partial charge is 0.326 e. The Bertz CT molecular complexity index is 1310. The van der Waals surface area contributed by atoms with E-state index in [4.69, 9.17) is 0 Å². The second-order valence-electron chi connectivity index (χ2n) is 7.92. The van der Waals surface area contributed by atoms with Gasteiger partial charge < -0.3 is 5.32 Å². The van der Waals surface area contributed by atoms with Gasteiger partial charge in [0, 0.05) is 18.7 Å². The van der Waals surface area contributed by atoms with Gasteiger partial charge in [-0.2, -0.15) is 5.10 Å². The number of fused-ring (bicyclic) bond motifs is 1. The average Bonchev–Trinajstić information content (AvgIpc) is 3.11. The van der Waals surface area contributed by atoms with Crippen LogP contribution in [-0.2, 0) is 11.3 Å². The van der Waals surface area contributed by atoms with Crippen LogP contribution in [0.5, 0.6) is 0 Å². The molecule has 158 valence electrons. The van der Waals surface area contributed by atoms with Gasteiger partial charge in [-0.15, -0.1) is 0 Å². The van der Waals surface area contributed by atoms with Crippen molar-refractivity contribution in [3.63, 3.8) is 0 Å². The van der Waals surface area contributed by atoms with Gasteiger partial charge in [-0.25, -0.2) is 9.67 Å². The molecule has 0 aliphatic carbocycles. The van der Waals surface area contributed by atoms with E-state index in [1.54, 1.807) is 11.6 Å². The fourth-order valence-electron chi connectivity index (χ4n) is 3.73. The number of nitrogens with one attached hydrogen (secondary N) is 1. The third-order valence-corrected chi connectivity index (χ3v) is 5.22. The van der Waals surface area contributed by atoms with E-state index < -0.39 is 0 Å². The number of carbonyl (C=O) groups is 1. The zero-order valence-corrected chi connectivity index (χ0v) is 18.1. The van der Waals surface area contributed by atoms with Gasteiger partial charge in [0.05, 0.1) is 11.9 Å². The second kappa shape index (κ2) is 8.18. The molecule has 0 aliphatic rings. The Morgan fingerprint density at radius 1 is 0.968 bits per heavy atom. The molecule has 2 aromatic carbocycles. The highest BCUT2D eigenvalue weighted by Gasteiger charge is 2.15. The Morgan fingerprint density at radius 3 is 2.32 bits per heavy atom. The van der Waals surface area contributed by atoms with E-state index in [0.29, 0.717) is 16.9 Å². The summed E-state index contributed by atoms with van der Waals surface area (Å²) >= 11 is 0. The quantitative estimate of drug-likeness (QED) is 0.537. The van der Waals surface area contributed by atoms with Crippen molar-refractivity contribution in [2.45, 2.75) is 40.7 Å². The summed E-state index contributed by atoms with van der Waals surface area (Å²) in [7, 11) is 0. The number of hydrogen-bond donors (Lipinski definition) is 1. The molecule has 4 aromatic rings. The lowest BCUT2D eigenvalue weighted by molar-refractivity contribution is -0.116. The topological polar surface area (TPSA) is 81.8 Å². The van der Waals surface area contributed by atoms with Crippen molar-refractivity contribution >= 4 is 22.6 Å². The average molecular weight is 415 g/mol. The summed E-state index contributed by atoms with van der Waals surface area (Å²) in [6.45, 7) is 8.02. The van der Waals surface area contributed by atoms with E-state index in [1.807, 2.05) is 57.2 Å². The molecule has 4 rings (SSSR count). The first-order chi connectivity index (χ1) is 14.8. The molecule has 0 fully saturated rings. The van der Waals surface area contributed by atoms with Gasteiger partial charge in [-0.05, 0) is 63.1 Å². The first-order valence-corrected chi connectivity index (χ1v) is 10.2. The molecular weight excluding hydrogens is 390 g/mol. The number of anilines is 1. The zero-order valence-electron chi connectivity index (χ0n) is 18.1. The molecule has 0 atom stereocenters. The maximum absolute atomic E-state index is 13.0. The van der Waals surface area contributed by atoms with Crippen LogP contribution in [0.2, 0.25) is 0 Å². The molecule has 0 spiro atoms. The number of nitrogens with zero attached hydrogens (tertiary/aromatic N) is 4. The Morgan fingerprint density at radius 2 is 1.65 bits per heavy atom. The molecule has 0 bridgehead atoms. The molecule has 0 aliphatic heterocycles. The van der Waals surface area contributed by atoms with Crippen LogP contribution < -0.4 is 10.9 Å². The molecule has 2 heterocycles. The Hall–Kier alpha value is -3.74. The lowest BCUT2D eigenvalue weighted by atomic mass is 10.1. The van der Waals surface area contributed by atoms with E-state index >= 15 is 0 Å². The van der Waals surface area contributed by atoms with Gasteiger partial charge in [0.1, 0.15) is 11.2 Å². The first-order valence-electron chi connectivity index (χ1n) is 10.2. The SMILES string of the molecule is Cc1ccc(-n2ncc3c(=O)n(CCC(=O)Nc4cc(C)cc(C)c4)c(C)nc32)cc1. The van der Waals surface area contributed by atoms with E-state index in [2.05, 4.69) is 21.5 Å². The molecule has 0 saturated heterocycles. The Balaban J connectivity index is 1.56. The van der Waals surface area contributed by atoms with Gasteiger partial charge in [0.15, 0.2) is 5.65 Å². The van der Waals surface area contributed by atoms with Crippen molar-refractivity contribution in [3.05, 3.63) is 81.5 Å². The maximum Gasteiger partial charge on any atom is 0.264 e. The smallest absolute Gasteiger partial charge is 0.264 e. The minimum absolute atomic E-state index is 0.147. The van der Waals surface area contributed by atoms with Crippen LogP contribution in [0.15, 0.2) is 53.5 Å². The number of rotatable bonds is 5. The fourth-order valence-corrected chi connectivity index (χ4v) is 3.73. The highest BCUT2D eigenvalue weighted by Crippen LogP contribution is 2.16. The molecule has 31 heavy (non-hydrogen) atoms. The molecule has 2 aromatic heterocycles. The van der Waals surface area contributed by atoms with Crippen molar-refractivity contribution in [2.75, 3.05) is 5.32 Å². The Kier molecular flexibility index (Phi) is 5.42. The molecular formula is C24H25N5O2. The van der Waals surface area contributed by atoms with Gasteiger partial charge in [0.25, 0.3) is 5.56 Å². The third-order valence-electron chi connectivity index (χ3n) is 5.22. The van der Waals surface area contributed by atoms with E-state index in [9.17, 15) is 9.59 Å². The van der Waals surface area contributed by atoms with Crippen molar-refractivity contribution in [1.82, 2.24) is 19.3 Å². The number of benzene rings is 2. The third kappa shape index (κ3) is 4.26. The summed E-state index contributed by atoms with van der Waals surface area (Å²) < 4.78 is 3.20. The normalized spacial score (nSPS) is 11.1. The van der Waals surface area contributed by atoms with Crippen LogP contribution in [0.4, 0.5) is 5.69 Å². The lowest BCUT2D eigenvalue weighted by Crippen LogP contribution is -2.26. The highest BCUT2D eigenvalue weighted by atomic mass is 16.2. The maximum atomic E-state index is 13.0. The zero-order chi connectivity index (χ0) is 22.1. The van der Waals surface area contributed by atoms with Crippen molar-refractivity contribution < 1.29 is 4.79 Å². The molecule has 0 saturated carbocycles. The number of carbonyl (C=O) groups excluding carboxylic acids is 1. The van der Waals surface area contributed by atoms with Gasteiger partial charge in [-0.1, -0.05) is 23.8 Å².